The second-order valence-corrected chi connectivity index (χ2v) is 6.57. The molecule has 1 heterocycles. The normalized spacial score (nSPS) is 11.5. The van der Waals surface area contributed by atoms with Crippen LogP contribution in [0.1, 0.15) is 33.4 Å². The monoisotopic (exact) mass is 337 g/mol. The predicted molar refractivity (Wildman–Crippen MR) is 88.9 cm³/mol. The van der Waals surface area contributed by atoms with Crippen LogP contribution in [0.25, 0.3) is 10.9 Å². The fourth-order valence-electron chi connectivity index (χ4n) is 2.26. The molecule has 0 saturated heterocycles. The second kappa shape index (κ2) is 6.62. The average molecular weight is 338 g/mol. The Balaban J connectivity index is 2.49. The number of carbonyl (C=O) groups is 2. The molecular weight excluding hydrogens is 318 g/mol. The van der Waals surface area contributed by atoms with Crippen LogP contribution in [0.15, 0.2) is 24.3 Å². The summed E-state index contributed by atoms with van der Waals surface area (Å²) in [5.74, 6) is -0.397. The number of halogens is 1. The topological polar surface area (TPSA) is 57.5 Å². The lowest BCUT2D eigenvalue weighted by Gasteiger charge is -2.20. The molecule has 2 aromatic rings. The van der Waals surface area contributed by atoms with Gasteiger partial charge in [-0.1, -0.05) is 11.6 Å². The highest BCUT2D eigenvalue weighted by Gasteiger charge is 2.23. The van der Waals surface area contributed by atoms with Crippen molar-refractivity contribution in [2.24, 2.45) is 0 Å². The number of esters is 1. The maximum absolute atomic E-state index is 12.5. The van der Waals surface area contributed by atoms with E-state index < -0.39 is 17.7 Å². The van der Waals surface area contributed by atoms with Gasteiger partial charge in [-0.3, -0.25) is 4.79 Å². The molecule has 0 aliphatic heterocycles. The number of fused-ring (bicyclic) bond motifs is 1. The average Bonchev–Trinajstić information content (AvgIpc) is 2.73. The van der Waals surface area contributed by atoms with E-state index in [0.717, 1.165) is 5.39 Å². The van der Waals surface area contributed by atoms with Crippen LogP contribution in [0.5, 0.6) is 0 Å². The smallest absolute Gasteiger partial charge is 0.419 e. The molecule has 0 amide bonds. The third-order valence-electron chi connectivity index (χ3n) is 3.05. The van der Waals surface area contributed by atoms with E-state index in [4.69, 9.17) is 21.1 Å². The van der Waals surface area contributed by atoms with Crippen LogP contribution in [0.2, 0.25) is 5.02 Å². The minimum atomic E-state index is -0.638. The van der Waals surface area contributed by atoms with Crippen LogP contribution in [0.3, 0.4) is 0 Å². The molecule has 0 bridgehead atoms. The SMILES string of the molecule is CCOC(=O)Cc1cc2cc(Cl)ccc2n1C(=O)OC(C)(C)C. The summed E-state index contributed by atoms with van der Waals surface area (Å²) in [5, 5.41) is 1.32. The summed E-state index contributed by atoms with van der Waals surface area (Å²) < 4.78 is 11.8. The van der Waals surface area contributed by atoms with Gasteiger partial charge in [0.15, 0.2) is 0 Å². The predicted octanol–water partition coefficient (Wildman–Crippen LogP) is 4.18. The van der Waals surface area contributed by atoms with Crippen LogP contribution < -0.4 is 0 Å². The Morgan fingerprint density at radius 1 is 1.22 bits per heavy atom. The minimum Gasteiger partial charge on any atom is -0.466 e. The van der Waals surface area contributed by atoms with Crippen molar-refractivity contribution in [3.8, 4) is 0 Å². The van der Waals surface area contributed by atoms with Gasteiger partial charge in [-0.2, -0.15) is 0 Å². The number of hydrogen-bond donors (Lipinski definition) is 0. The summed E-state index contributed by atoms with van der Waals surface area (Å²) in [7, 11) is 0. The first-order valence-electron chi connectivity index (χ1n) is 7.40. The summed E-state index contributed by atoms with van der Waals surface area (Å²) in [6.07, 6.45) is -0.548. The van der Waals surface area contributed by atoms with E-state index in [9.17, 15) is 9.59 Å². The van der Waals surface area contributed by atoms with Gasteiger partial charge in [0, 0.05) is 16.1 Å². The summed E-state index contributed by atoms with van der Waals surface area (Å²) in [5.41, 5.74) is 0.513. The number of hydrogen-bond acceptors (Lipinski definition) is 4. The molecule has 6 heteroatoms. The zero-order valence-electron chi connectivity index (χ0n) is 13.7. The first kappa shape index (κ1) is 17.3. The molecule has 0 fully saturated rings. The molecule has 124 valence electrons. The quantitative estimate of drug-likeness (QED) is 0.788. The van der Waals surface area contributed by atoms with Crippen molar-refractivity contribution in [2.45, 2.75) is 39.7 Å². The molecule has 0 aliphatic rings. The van der Waals surface area contributed by atoms with Crippen LogP contribution >= 0.6 is 11.6 Å². The van der Waals surface area contributed by atoms with E-state index in [-0.39, 0.29) is 13.0 Å². The fraction of sp³-hybridized carbons (Fsp3) is 0.412. The molecule has 0 N–H and O–H groups in total. The largest absolute Gasteiger partial charge is 0.466 e. The first-order valence-corrected chi connectivity index (χ1v) is 7.78. The van der Waals surface area contributed by atoms with Gasteiger partial charge in [-0.15, -0.1) is 0 Å². The van der Waals surface area contributed by atoms with Gasteiger partial charge in [-0.05, 0) is 52.0 Å². The summed E-state index contributed by atoms with van der Waals surface area (Å²) in [6.45, 7) is 7.40. The molecule has 0 atom stereocenters. The lowest BCUT2D eigenvalue weighted by molar-refractivity contribution is -0.142. The maximum atomic E-state index is 12.5. The van der Waals surface area contributed by atoms with Crippen molar-refractivity contribution in [3.63, 3.8) is 0 Å². The van der Waals surface area contributed by atoms with Gasteiger partial charge in [0.1, 0.15) is 5.60 Å². The van der Waals surface area contributed by atoms with Gasteiger partial charge in [0.2, 0.25) is 0 Å². The van der Waals surface area contributed by atoms with Gasteiger partial charge in [0.05, 0.1) is 18.5 Å². The number of nitrogens with zero attached hydrogens (tertiary/aromatic N) is 1. The highest BCUT2D eigenvalue weighted by atomic mass is 35.5. The Bertz CT molecular complexity index is 743. The van der Waals surface area contributed by atoms with Crippen LogP contribution in [0.4, 0.5) is 4.79 Å². The van der Waals surface area contributed by atoms with Crippen molar-refractivity contribution < 1.29 is 19.1 Å². The van der Waals surface area contributed by atoms with Crippen LogP contribution in [-0.2, 0) is 20.7 Å². The lowest BCUT2D eigenvalue weighted by atomic mass is 10.2. The van der Waals surface area contributed by atoms with Gasteiger partial charge in [0.25, 0.3) is 0 Å². The van der Waals surface area contributed by atoms with Crippen LogP contribution in [0, 0.1) is 0 Å². The molecule has 0 saturated carbocycles. The van der Waals surface area contributed by atoms with Crippen molar-refractivity contribution >= 4 is 34.6 Å². The van der Waals surface area contributed by atoms with Gasteiger partial charge in [-0.25, -0.2) is 9.36 Å². The molecular formula is C17H20ClNO4. The number of rotatable bonds is 3. The molecule has 1 aromatic heterocycles. The van der Waals surface area contributed by atoms with E-state index in [1.807, 2.05) is 0 Å². The third-order valence-corrected chi connectivity index (χ3v) is 3.28. The molecule has 1 aromatic carbocycles. The highest BCUT2D eigenvalue weighted by Crippen LogP contribution is 2.25. The molecule has 0 unspecified atom stereocenters. The Labute approximate surface area is 140 Å². The zero-order chi connectivity index (χ0) is 17.2. The Hall–Kier alpha value is -2.01. The van der Waals surface area contributed by atoms with E-state index in [1.54, 1.807) is 52.0 Å². The van der Waals surface area contributed by atoms with E-state index >= 15 is 0 Å². The van der Waals surface area contributed by atoms with E-state index in [0.29, 0.717) is 16.2 Å². The zero-order valence-corrected chi connectivity index (χ0v) is 14.4. The standard InChI is InChI=1S/C17H20ClNO4/c1-5-22-15(20)10-13-9-11-8-12(18)6-7-14(11)19(13)16(21)23-17(2,3)4/h6-9H,5,10H2,1-4H3. The molecule has 5 nitrogen and oxygen atoms in total. The Morgan fingerprint density at radius 3 is 2.52 bits per heavy atom. The van der Waals surface area contributed by atoms with Gasteiger partial charge < -0.3 is 9.47 Å². The number of aromatic nitrogens is 1. The maximum Gasteiger partial charge on any atom is 0.419 e. The molecule has 0 aliphatic carbocycles. The van der Waals surface area contributed by atoms with Crippen molar-refractivity contribution in [1.29, 1.82) is 0 Å². The van der Waals surface area contributed by atoms with E-state index in [1.165, 1.54) is 4.57 Å². The van der Waals surface area contributed by atoms with Crippen molar-refractivity contribution in [2.75, 3.05) is 6.61 Å². The first-order chi connectivity index (χ1) is 10.7. The number of ether oxygens (including phenoxy) is 2. The summed E-state index contributed by atoms with van der Waals surface area (Å²) in [4.78, 5) is 24.3. The molecule has 2 rings (SSSR count). The van der Waals surface area contributed by atoms with Crippen molar-refractivity contribution in [1.82, 2.24) is 4.57 Å². The van der Waals surface area contributed by atoms with Gasteiger partial charge >= 0.3 is 12.1 Å². The summed E-state index contributed by atoms with van der Waals surface area (Å²) in [6, 6.07) is 6.92. The summed E-state index contributed by atoms with van der Waals surface area (Å²) >= 11 is 6.00. The minimum absolute atomic E-state index is 0.0145. The Kier molecular flexibility index (Phi) is 5.00. The highest BCUT2D eigenvalue weighted by molar-refractivity contribution is 6.31. The number of carbonyl (C=O) groups excluding carboxylic acids is 2. The fourth-order valence-corrected chi connectivity index (χ4v) is 2.44. The molecule has 0 radical (unpaired) electrons. The molecule has 23 heavy (non-hydrogen) atoms. The Morgan fingerprint density at radius 2 is 1.91 bits per heavy atom. The second-order valence-electron chi connectivity index (χ2n) is 6.14. The third kappa shape index (κ3) is 4.26. The van der Waals surface area contributed by atoms with E-state index in [2.05, 4.69) is 0 Å². The van der Waals surface area contributed by atoms with Crippen LogP contribution in [-0.4, -0.2) is 28.8 Å². The van der Waals surface area contributed by atoms with Crippen molar-refractivity contribution in [3.05, 3.63) is 35.0 Å². The number of benzene rings is 1. The lowest BCUT2D eigenvalue weighted by Crippen LogP contribution is -2.28. The molecule has 0 spiro atoms.